The summed E-state index contributed by atoms with van der Waals surface area (Å²) in [6.07, 6.45) is 1.07. The van der Waals surface area contributed by atoms with Crippen molar-refractivity contribution >= 4 is 0 Å². The number of benzene rings is 2. The zero-order valence-electron chi connectivity index (χ0n) is 15.9. The van der Waals surface area contributed by atoms with Gasteiger partial charge >= 0.3 is 0 Å². The summed E-state index contributed by atoms with van der Waals surface area (Å²) in [5.41, 5.74) is 8.54. The quantitative estimate of drug-likeness (QED) is 0.756. The molecule has 0 saturated carbocycles. The van der Waals surface area contributed by atoms with Crippen molar-refractivity contribution in [3.8, 4) is 11.5 Å². The highest BCUT2D eigenvalue weighted by Crippen LogP contribution is 2.24. The van der Waals surface area contributed by atoms with Crippen LogP contribution < -0.4 is 15.8 Å². The van der Waals surface area contributed by atoms with E-state index in [0.29, 0.717) is 18.3 Å². The van der Waals surface area contributed by atoms with Crippen molar-refractivity contribution in [1.29, 1.82) is 0 Å². The molecule has 146 valence electrons. The zero-order chi connectivity index (χ0) is 18.7. The third-order valence-corrected chi connectivity index (χ3v) is 3.98. The van der Waals surface area contributed by atoms with Crippen LogP contribution in [0.2, 0.25) is 0 Å². The fourth-order valence-corrected chi connectivity index (χ4v) is 2.84. The van der Waals surface area contributed by atoms with Crippen LogP contribution in [0, 0.1) is 0 Å². The molecule has 1 atom stereocenters. The third kappa shape index (κ3) is 7.06. The highest BCUT2D eigenvalue weighted by atomic mass is 16.5. The summed E-state index contributed by atoms with van der Waals surface area (Å²) in [6, 6.07) is 13.5. The molecule has 4 nitrogen and oxygen atoms in total. The Bertz CT molecular complexity index is 629. The van der Waals surface area contributed by atoms with E-state index in [9.17, 15) is 5.11 Å². The predicted octanol–water partition coefficient (Wildman–Crippen LogP) is 4.46. The lowest BCUT2D eigenvalue weighted by molar-refractivity contribution is 0.304. The van der Waals surface area contributed by atoms with Gasteiger partial charge in [0.2, 0.25) is 0 Å². The molecule has 26 heavy (non-hydrogen) atoms. The maximum absolute atomic E-state index is 9.44. The summed E-state index contributed by atoms with van der Waals surface area (Å²) < 4.78 is 5.75. The average molecular weight is 361 g/mol. The summed E-state index contributed by atoms with van der Waals surface area (Å²) in [5, 5.41) is 12.9. The normalized spacial score (nSPS) is 14.9. The smallest absolute Gasteiger partial charge is 0.123 e. The fourth-order valence-electron chi connectivity index (χ4n) is 2.84. The minimum Gasteiger partial charge on any atom is -0.508 e. The third-order valence-electron chi connectivity index (χ3n) is 3.98. The molecule has 2 aromatic rings. The van der Waals surface area contributed by atoms with Crippen molar-refractivity contribution in [3.63, 3.8) is 0 Å². The molecule has 1 aliphatic rings. The Morgan fingerprint density at radius 3 is 2.58 bits per heavy atom. The lowest BCUT2D eigenvalue weighted by Crippen LogP contribution is -2.18. The van der Waals surface area contributed by atoms with Crippen LogP contribution in [0.15, 0.2) is 42.5 Å². The van der Waals surface area contributed by atoms with E-state index in [4.69, 9.17) is 4.74 Å². The molecule has 0 aliphatic carbocycles. The Labute approximate surface area is 159 Å². The maximum atomic E-state index is 9.44. The second-order valence-electron chi connectivity index (χ2n) is 5.67. The first-order valence-electron chi connectivity index (χ1n) is 9.04. The Kier molecular flexibility index (Phi) is 12.2. The van der Waals surface area contributed by atoms with Crippen molar-refractivity contribution in [3.05, 3.63) is 59.2 Å². The molecule has 0 saturated heterocycles. The number of phenols is 1. The Morgan fingerprint density at radius 2 is 1.88 bits per heavy atom. The van der Waals surface area contributed by atoms with E-state index in [-0.39, 0.29) is 13.2 Å². The van der Waals surface area contributed by atoms with Crippen molar-refractivity contribution < 1.29 is 9.84 Å². The summed E-state index contributed by atoms with van der Waals surface area (Å²) in [6.45, 7) is 8.87. The van der Waals surface area contributed by atoms with E-state index in [1.54, 1.807) is 18.2 Å². The second-order valence-corrected chi connectivity index (χ2v) is 5.67. The van der Waals surface area contributed by atoms with Crippen LogP contribution in [0.1, 0.15) is 50.8 Å². The molecular formula is C22H36N2O2. The van der Waals surface area contributed by atoms with Gasteiger partial charge in [0.15, 0.2) is 0 Å². The van der Waals surface area contributed by atoms with Gasteiger partial charge in [-0.15, -0.1) is 0 Å². The summed E-state index contributed by atoms with van der Waals surface area (Å²) in [7, 11) is 1.50. The van der Waals surface area contributed by atoms with E-state index in [1.807, 2.05) is 19.9 Å². The molecule has 4 N–H and O–H groups in total. The van der Waals surface area contributed by atoms with Crippen LogP contribution in [0.4, 0.5) is 0 Å². The van der Waals surface area contributed by atoms with Gasteiger partial charge in [0.25, 0.3) is 0 Å². The minimum absolute atomic E-state index is 0. The minimum atomic E-state index is 0. The molecule has 3 rings (SSSR count). The molecule has 0 amide bonds. The SMILES string of the molecule is C.CC.CC1CNCCc2cc(COc3cccc(O)c3)ccc21.CN. The molecule has 0 aromatic heterocycles. The van der Waals surface area contributed by atoms with Gasteiger partial charge in [-0.25, -0.2) is 0 Å². The Morgan fingerprint density at radius 1 is 1.15 bits per heavy atom. The maximum Gasteiger partial charge on any atom is 0.123 e. The number of hydrogen-bond acceptors (Lipinski definition) is 4. The van der Waals surface area contributed by atoms with Gasteiger partial charge < -0.3 is 20.9 Å². The van der Waals surface area contributed by atoms with Crippen LogP contribution in [0.25, 0.3) is 0 Å². The van der Waals surface area contributed by atoms with Crippen molar-refractivity contribution in [1.82, 2.24) is 5.32 Å². The average Bonchev–Trinajstić information content (AvgIpc) is 2.85. The summed E-state index contributed by atoms with van der Waals surface area (Å²) in [5.74, 6) is 1.48. The number of nitrogens with two attached hydrogens (primary N) is 1. The van der Waals surface area contributed by atoms with Gasteiger partial charge in [0.05, 0.1) is 0 Å². The molecule has 0 fully saturated rings. The van der Waals surface area contributed by atoms with Crippen molar-refractivity contribution in [2.75, 3.05) is 20.1 Å². The molecular weight excluding hydrogens is 324 g/mol. The first kappa shape index (κ1) is 24.0. The molecule has 2 aromatic carbocycles. The monoisotopic (exact) mass is 360 g/mol. The number of phenolic OH excluding ortho intramolecular Hbond substituents is 1. The predicted molar refractivity (Wildman–Crippen MR) is 112 cm³/mol. The number of rotatable bonds is 3. The Balaban J connectivity index is 0.00000117. The lowest BCUT2D eigenvalue weighted by Gasteiger charge is -2.14. The van der Waals surface area contributed by atoms with E-state index < -0.39 is 0 Å². The fraction of sp³-hybridized carbons (Fsp3) is 0.455. The van der Waals surface area contributed by atoms with Crippen LogP contribution in [-0.2, 0) is 13.0 Å². The number of fused-ring (bicyclic) bond motifs is 1. The molecule has 0 radical (unpaired) electrons. The van der Waals surface area contributed by atoms with E-state index in [2.05, 4.69) is 36.2 Å². The largest absolute Gasteiger partial charge is 0.508 e. The lowest BCUT2D eigenvalue weighted by atomic mass is 9.94. The number of aromatic hydroxyl groups is 1. The van der Waals surface area contributed by atoms with Gasteiger partial charge in [-0.2, -0.15) is 0 Å². The van der Waals surface area contributed by atoms with E-state index in [0.717, 1.165) is 19.5 Å². The molecule has 0 spiro atoms. The van der Waals surface area contributed by atoms with E-state index in [1.165, 1.54) is 23.7 Å². The van der Waals surface area contributed by atoms with Gasteiger partial charge in [-0.1, -0.05) is 52.5 Å². The first-order chi connectivity index (χ1) is 12.2. The van der Waals surface area contributed by atoms with Crippen LogP contribution in [-0.4, -0.2) is 25.2 Å². The second kappa shape index (κ2) is 13.2. The molecule has 0 bridgehead atoms. The van der Waals surface area contributed by atoms with Crippen molar-refractivity contribution in [2.24, 2.45) is 5.73 Å². The van der Waals surface area contributed by atoms with Gasteiger partial charge in [-0.05, 0) is 54.8 Å². The molecule has 1 unspecified atom stereocenters. The summed E-state index contributed by atoms with van der Waals surface area (Å²) >= 11 is 0. The zero-order valence-corrected chi connectivity index (χ0v) is 15.9. The first-order valence-corrected chi connectivity index (χ1v) is 9.04. The van der Waals surface area contributed by atoms with Crippen LogP contribution in [0.3, 0.4) is 0 Å². The topological polar surface area (TPSA) is 67.5 Å². The Hall–Kier alpha value is -2.04. The van der Waals surface area contributed by atoms with Gasteiger partial charge in [-0.3, -0.25) is 0 Å². The molecule has 4 heteroatoms. The highest BCUT2D eigenvalue weighted by Gasteiger charge is 2.14. The number of hydrogen-bond donors (Lipinski definition) is 3. The van der Waals surface area contributed by atoms with Gasteiger partial charge in [0.1, 0.15) is 18.1 Å². The van der Waals surface area contributed by atoms with E-state index >= 15 is 0 Å². The number of nitrogens with one attached hydrogen (secondary N) is 1. The van der Waals surface area contributed by atoms with Crippen LogP contribution >= 0.6 is 0 Å². The standard InChI is InChI=1S/C18H21NO2.C2H6.CH5N.CH4/c1-13-11-19-8-7-15-9-14(5-6-18(13)15)12-21-17-4-2-3-16(20)10-17;2*1-2;/h2-6,9-10,13,19-20H,7-8,11-12H2,1H3;1-2H3;2H2,1H3;1H4. The van der Waals surface area contributed by atoms with Gasteiger partial charge in [0, 0.05) is 12.6 Å². The molecule has 1 heterocycles. The number of ether oxygens (including phenoxy) is 1. The van der Waals surface area contributed by atoms with Crippen molar-refractivity contribution in [2.45, 2.75) is 47.1 Å². The molecule has 1 aliphatic heterocycles. The summed E-state index contributed by atoms with van der Waals surface area (Å²) in [4.78, 5) is 0. The highest BCUT2D eigenvalue weighted by molar-refractivity contribution is 5.36. The van der Waals surface area contributed by atoms with Crippen LogP contribution in [0.5, 0.6) is 11.5 Å².